The Morgan fingerprint density at radius 2 is 1.08 bits per heavy atom. The maximum Gasteiger partial charge on any atom is 0.266 e. The largest absolute Gasteiger partial charge is 0.457 e. The van der Waals surface area contributed by atoms with E-state index in [4.69, 9.17) is 28.8 Å². The number of nitrogens with zero attached hydrogens (tertiary/aromatic N) is 6. The van der Waals surface area contributed by atoms with Crippen LogP contribution in [0.3, 0.4) is 0 Å². The van der Waals surface area contributed by atoms with Crippen molar-refractivity contribution in [1.29, 1.82) is 0 Å². The summed E-state index contributed by atoms with van der Waals surface area (Å²) in [4.78, 5) is 21.0. The molecular formula is C39H28N8O6. The van der Waals surface area contributed by atoms with Gasteiger partial charge in [-0.15, -0.1) is 20.4 Å². The van der Waals surface area contributed by atoms with Gasteiger partial charge in [0.1, 0.15) is 45.9 Å². The summed E-state index contributed by atoms with van der Waals surface area (Å²) in [7, 11) is 0. The number of hydrogen-bond acceptors (Lipinski definition) is 13. The number of pyridine rings is 2. The van der Waals surface area contributed by atoms with Crippen molar-refractivity contribution in [2.75, 3.05) is 11.1 Å². The van der Waals surface area contributed by atoms with Crippen LogP contribution in [0.25, 0.3) is 23.2 Å². The summed E-state index contributed by atoms with van der Waals surface area (Å²) in [5, 5.41) is 17.8. The lowest BCUT2D eigenvalue weighted by molar-refractivity contribution is 0.102. The molecule has 0 aliphatic rings. The molecule has 0 saturated heterocycles. The second-order valence-electron chi connectivity index (χ2n) is 10.9. The van der Waals surface area contributed by atoms with Crippen molar-refractivity contribution in [3.05, 3.63) is 158 Å². The van der Waals surface area contributed by atoms with Crippen LogP contribution in [0.1, 0.15) is 10.4 Å². The van der Waals surface area contributed by atoms with Crippen LogP contribution in [0.2, 0.25) is 0 Å². The minimum absolute atomic E-state index is 0.244. The van der Waals surface area contributed by atoms with E-state index in [0.717, 1.165) is 5.75 Å². The molecule has 0 radical (unpaired) electrons. The minimum atomic E-state index is -0.244. The smallest absolute Gasteiger partial charge is 0.266 e. The van der Waals surface area contributed by atoms with Gasteiger partial charge in [-0.1, -0.05) is 30.3 Å². The van der Waals surface area contributed by atoms with Gasteiger partial charge in [-0.25, -0.2) is 0 Å². The van der Waals surface area contributed by atoms with Gasteiger partial charge in [0.05, 0.1) is 0 Å². The Morgan fingerprint density at radius 3 is 1.66 bits per heavy atom. The molecule has 0 aliphatic carbocycles. The number of benzene rings is 4. The summed E-state index contributed by atoms with van der Waals surface area (Å²) in [6.07, 6.45) is 5.69. The molecular weight excluding hydrogens is 676 g/mol. The van der Waals surface area contributed by atoms with E-state index in [0.29, 0.717) is 68.9 Å². The topological polar surface area (TPSA) is 186 Å². The third kappa shape index (κ3) is 9.23. The molecule has 8 rings (SSSR count). The zero-order valence-corrected chi connectivity index (χ0v) is 27.6. The number of ether oxygens (including phenoxy) is 3. The van der Waals surface area contributed by atoms with Crippen LogP contribution >= 0.6 is 0 Å². The van der Waals surface area contributed by atoms with E-state index in [1.54, 1.807) is 97.3 Å². The van der Waals surface area contributed by atoms with Crippen molar-refractivity contribution in [1.82, 2.24) is 30.4 Å². The molecule has 0 spiro atoms. The molecule has 1 amide bonds. The highest BCUT2D eigenvalue weighted by Gasteiger charge is 2.11. The number of anilines is 2. The zero-order valence-electron chi connectivity index (χ0n) is 27.6. The Labute approximate surface area is 301 Å². The molecule has 3 N–H and O–H groups in total. The van der Waals surface area contributed by atoms with Gasteiger partial charge in [0, 0.05) is 53.6 Å². The highest BCUT2D eigenvalue weighted by Crippen LogP contribution is 2.28. The van der Waals surface area contributed by atoms with E-state index < -0.39 is 0 Å². The summed E-state index contributed by atoms with van der Waals surface area (Å²) >= 11 is 0. The fraction of sp³-hybridized carbons (Fsp3) is 0. The van der Waals surface area contributed by atoms with Gasteiger partial charge in [0.25, 0.3) is 17.7 Å². The Kier molecular flexibility index (Phi) is 10.3. The molecule has 4 aromatic heterocycles. The predicted molar refractivity (Wildman–Crippen MR) is 193 cm³/mol. The van der Waals surface area contributed by atoms with Gasteiger partial charge < -0.3 is 34.1 Å². The van der Waals surface area contributed by atoms with Gasteiger partial charge in [0.2, 0.25) is 12.8 Å². The molecule has 8 aromatic rings. The molecule has 0 aliphatic heterocycles. The molecule has 0 saturated carbocycles. The zero-order chi connectivity index (χ0) is 36.2. The maximum atomic E-state index is 12.7. The normalized spacial score (nSPS) is 10.4. The lowest BCUT2D eigenvalue weighted by Crippen LogP contribution is -2.11. The maximum absolute atomic E-state index is 12.7. The number of nitrogens with one attached hydrogen (secondary N) is 1. The third-order valence-electron chi connectivity index (χ3n) is 7.14. The first-order valence-corrected chi connectivity index (χ1v) is 15.9. The lowest BCUT2D eigenvalue weighted by atomic mass is 10.2. The quantitative estimate of drug-likeness (QED) is 0.129. The van der Waals surface area contributed by atoms with Crippen LogP contribution in [0.15, 0.2) is 161 Å². The summed E-state index contributed by atoms with van der Waals surface area (Å²) < 4.78 is 27.6. The third-order valence-corrected chi connectivity index (χ3v) is 7.14. The number of amides is 1. The number of aromatic nitrogens is 6. The van der Waals surface area contributed by atoms with Crippen molar-refractivity contribution >= 4 is 17.3 Å². The van der Waals surface area contributed by atoms with Crippen molar-refractivity contribution in [3.8, 4) is 57.7 Å². The second kappa shape index (κ2) is 16.2. The van der Waals surface area contributed by atoms with E-state index in [2.05, 4.69) is 35.7 Å². The van der Waals surface area contributed by atoms with Gasteiger partial charge in [-0.2, -0.15) is 0 Å². The van der Waals surface area contributed by atoms with Crippen LogP contribution in [0, 0.1) is 0 Å². The molecule has 14 nitrogen and oxygen atoms in total. The molecule has 0 fully saturated rings. The number of para-hydroxylation sites is 1. The Morgan fingerprint density at radius 1 is 0.547 bits per heavy atom. The van der Waals surface area contributed by atoms with Crippen LogP contribution < -0.4 is 25.3 Å². The number of rotatable bonds is 10. The highest BCUT2D eigenvalue weighted by atomic mass is 16.5. The van der Waals surface area contributed by atoms with Gasteiger partial charge in [-0.3, -0.25) is 14.8 Å². The van der Waals surface area contributed by atoms with Crippen LogP contribution in [-0.4, -0.2) is 36.3 Å². The van der Waals surface area contributed by atoms with E-state index in [-0.39, 0.29) is 5.91 Å². The Balaban J connectivity index is 0.000000193. The van der Waals surface area contributed by atoms with Crippen molar-refractivity contribution in [3.63, 3.8) is 0 Å². The number of hydrogen-bond donors (Lipinski definition) is 2. The number of carbonyl (C=O) groups excluding carboxylic acids is 1. The molecule has 0 bridgehead atoms. The minimum Gasteiger partial charge on any atom is -0.457 e. The average Bonchev–Trinajstić information content (AvgIpc) is 3.93. The van der Waals surface area contributed by atoms with Crippen LogP contribution in [-0.2, 0) is 0 Å². The SMILES string of the molecule is Nc1cccc(Oc2ccnc(-c3nnco3)c2)c1.O=C(Nc1cccc(Oc2ccnc(-c3nnco3)c2)c1)c1ccc(Oc2ccccc2)cc1. The predicted octanol–water partition coefficient (Wildman–Crippen LogP) is 8.47. The van der Waals surface area contributed by atoms with Crippen molar-refractivity contribution < 1.29 is 27.8 Å². The second-order valence-corrected chi connectivity index (χ2v) is 10.9. The van der Waals surface area contributed by atoms with Crippen molar-refractivity contribution in [2.24, 2.45) is 0 Å². The summed E-state index contributed by atoms with van der Waals surface area (Å²) in [6.45, 7) is 0. The van der Waals surface area contributed by atoms with Crippen molar-refractivity contribution in [2.45, 2.75) is 0 Å². The van der Waals surface area contributed by atoms with Crippen LogP contribution in [0.4, 0.5) is 11.4 Å². The van der Waals surface area contributed by atoms with E-state index in [1.807, 2.05) is 42.5 Å². The first-order valence-electron chi connectivity index (χ1n) is 15.9. The lowest BCUT2D eigenvalue weighted by Gasteiger charge is -2.10. The number of nitrogens with two attached hydrogens (primary N) is 1. The molecule has 260 valence electrons. The molecule has 0 unspecified atom stereocenters. The van der Waals surface area contributed by atoms with Gasteiger partial charge >= 0.3 is 0 Å². The summed E-state index contributed by atoms with van der Waals surface area (Å²) in [5.41, 5.74) is 8.49. The summed E-state index contributed by atoms with van der Waals surface area (Å²) in [6, 6.07) is 37.5. The standard InChI is InChI=1S/C26H18N4O4.C13H10N4O2/c31-25(18-9-11-21(12-10-18)33-20-6-2-1-3-7-20)29-19-5-4-8-22(15-19)34-23-13-14-27-24(16-23)26-30-28-17-32-26;14-9-2-1-3-10(6-9)19-11-4-5-15-12(7-11)13-17-16-8-18-13/h1-17H,(H,29,31);1-8H,14H2. The van der Waals surface area contributed by atoms with E-state index in [9.17, 15) is 4.79 Å². The first kappa shape index (κ1) is 33.6. The van der Waals surface area contributed by atoms with Gasteiger partial charge in [-0.05, 0) is 72.8 Å². The fourth-order valence-electron chi connectivity index (χ4n) is 4.74. The Bertz CT molecular complexity index is 2390. The van der Waals surface area contributed by atoms with E-state index >= 15 is 0 Å². The first-order chi connectivity index (χ1) is 26.0. The average molecular weight is 705 g/mol. The van der Waals surface area contributed by atoms with Crippen LogP contribution in [0.5, 0.6) is 34.5 Å². The molecule has 14 heteroatoms. The number of nitrogen functional groups attached to an aromatic ring is 1. The molecule has 0 atom stereocenters. The molecule has 4 aromatic carbocycles. The number of carbonyl (C=O) groups is 1. The monoisotopic (exact) mass is 704 g/mol. The molecule has 4 heterocycles. The van der Waals surface area contributed by atoms with Gasteiger partial charge in [0.15, 0.2) is 0 Å². The van der Waals surface area contributed by atoms with E-state index in [1.165, 1.54) is 12.8 Å². The fourth-order valence-corrected chi connectivity index (χ4v) is 4.74. The highest BCUT2D eigenvalue weighted by molar-refractivity contribution is 6.04. The Hall–Kier alpha value is -7.87. The summed E-state index contributed by atoms with van der Waals surface area (Å²) in [5.74, 6) is 4.14. The molecule has 53 heavy (non-hydrogen) atoms.